The minimum Gasteiger partial charge on any atom is -0.377 e. The summed E-state index contributed by atoms with van der Waals surface area (Å²) in [6.07, 6.45) is 1.70. The normalized spacial score (nSPS) is 22.5. The Morgan fingerprint density at radius 1 is 1.31 bits per heavy atom. The molecule has 0 saturated carbocycles. The van der Waals surface area contributed by atoms with Crippen LogP contribution in [0, 0.1) is 5.92 Å². The molecule has 1 aliphatic heterocycles. The Kier molecular flexibility index (Phi) is 6.32. The van der Waals surface area contributed by atoms with Crippen molar-refractivity contribution < 1.29 is 4.74 Å². The third-order valence-corrected chi connectivity index (χ3v) is 3.21. The zero-order valence-electron chi connectivity index (χ0n) is 11.3. The number of nitrogens with one attached hydrogen (secondary N) is 1. The highest BCUT2D eigenvalue weighted by Crippen LogP contribution is 2.17. The van der Waals surface area contributed by atoms with Crippen LogP contribution in [0.1, 0.15) is 34.1 Å². The summed E-state index contributed by atoms with van der Waals surface area (Å²) >= 11 is 0. The molecule has 0 aromatic heterocycles. The average molecular weight is 228 g/mol. The Morgan fingerprint density at radius 3 is 2.62 bits per heavy atom. The summed E-state index contributed by atoms with van der Waals surface area (Å²) in [7, 11) is 0. The fraction of sp³-hybridized carbons (Fsp3) is 1.00. The second-order valence-corrected chi connectivity index (χ2v) is 5.37. The van der Waals surface area contributed by atoms with Gasteiger partial charge in [0, 0.05) is 19.1 Å². The molecular weight excluding hydrogens is 200 g/mol. The largest absolute Gasteiger partial charge is 0.377 e. The van der Waals surface area contributed by atoms with Gasteiger partial charge in [-0.2, -0.15) is 0 Å². The van der Waals surface area contributed by atoms with E-state index in [0.29, 0.717) is 12.1 Å². The minimum absolute atomic E-state index is 0.352. The maximum absolute atomic E-state index is 5.49. The van der Waals surface area contributed by atoms with E-state index in [0.717, 1.165) is 25.6 Å². The Labute approximate surface area is 101 Å². The molecule has 1 aliphatic rings. The monoisotopic (exact) mass is 228 g/mol. The third kappa shape index (κ3) is 5.28. The number of hydrogen-bond donors (Lipinski definition) is 1. The fourth-order valence-corrected chi connectivity index (χ4v) is 2.17. The van der Waals surface area contributed by atoms with Gasteiger partial charge in [-0.25, -0.2) is 0 Å². The average Bonchev–Trinajstić information content (AvgIpc) is 2.65. The molecule has 3 heteroatoms. The van der Waals surface area contributed by atoms with E-state index in [1.165, 1.54) is 19.5 Å². The summed E-state index contributed by atoms with van der Waals surface area (Å²) < 4.78 is 5.49. The minimum atomic E-state index is 0.352. The highest BCUT2D eigenvalue weighted by Gasteiger charge is 2.23. The quantitative estimate of drug-likeness (QED) is 0.672. The van der Waals surface area contributed by atoms with Gasteiger partial charge < -0.3 is 15.0 Å². The molecule has 3 nitrogen and oxygen atoms in total. The second-order valence-electron chi connectivity index (χ2n) is 5.37. The maximum atomic E-state index is 5.49. The highest BCUT2D eigenvalue weighted by atomic mass is 16.5. The van der Waals surface area contributed by atoms with E-state index in [4.69, 9.17) is 4.74 Å². The van der Waals surface area contributed by atoms with Crippen LogP contribution in [0.2, 0.25) is 0 Å². The molecule has 1 fully saturated rings. The van der Waals surface area contributed by atoms with Crippen LogP contribution in [0.3, 0.4) is 0 Å². The smallest absolute Gasteiger partial charge is 0.0594 e. The van der Waals surface area contributed by atoms with Gasteiger partial charge in [0.1, 0.15) is 0 Å². The molecule has 0 amide bonds. The van der Waals surface area contributed by atoms with Crippen molar-refractivity contribution in [1.82, 2.24) is 10.2 Å². The van der Waals surface area contributed by atoms with Crippen LogP contribution in [0.15, 0.2) is 0 Å². The first-order valence-corrected chi connectivity index (χ1v) is 6.66. The molecule has 1 rings (SSSR count). The molecule has 1 N–H and O–H groups in total. The molecule has 16 heavy (non-hydrogen) atoms. The van der Waals surface area contributed by atoms with E-state index in [1.54, 1.807) is 0 Å². The van der Waals surface area contributed by atoms with Crippen LogP contribution < -0.4 is 5.32 Å². The Morgan fingerprint density at radius 2 is 2.06 bits per heavy atom. The Balaban J connectivity index is 1.98. The van der Waals surface area contributed by atoms with Gasteiger partial charge in [-0.05, 0) is 53.1 Å². The van der Waals surface area contributed by atoms with Crippen LogP contribution in [0.5, 0.6) is 0 Å². The predicted molar refractivity (Wildman–Crippen MR) is 68.8 cm³/mol. The van der Waals surface area contributed by atoms with Crippen molar-refractivity contribution in [2.75, 3.05) is 32.8 Å². The lowest BCUT2D eigenvalue weighted by Gasteiger charge is -2.20. The van der Waals surface area contributed by atoms with E-state index in [-0.39, 0.29) is 0 Å². The predicted octanol–water partition coefficient (Wildman–Crippen LogP) is 1.73. The SMILES string of the molecule is CC(C)OCCNCC1CCN(C(C)C)C1. The Hall–Kier alpha value is -0.120. The molecule has 1 saturated heterocycles. The molecule has 1 unspecified atom stereocenters. The topological polar surface area (TPSA) is 24.5 Å². The standard InChI is InChI=1S/C13H28N2O/c1-11(2)15-7-5-13(10-15)9-14-6-8-16-12(3)4/h11-14H,5-10H2,1-4H3. The lowest BCUT2D eigenvalue weighted by atomic mass is 10.1. The van der Waals surface area contributed by atoms with Gasteiger partial charge in [0.2, 0.25) is 0 Å². The molecule has 0 radical (unpaired) electrons. The van der Waals surface area contributed by atoms with Gasteiger partial charge in [0.05, 0.1) is 12.7 Å². The first-order chi connectivity index (χ1) is 7.59. The molecule has 0 aliphatic carbocycles. The van der Waals surface area contributed by atoms with Crippen LogP contribution in [-0.2, 0) is 4.74 Å². The summed E-state index contributed by atoms with van der Waals surface area (Å²) in [6, 6.07) is 0.703. The van der Waals surface area contributed by atoms with Crippen molar-refractivity contribution in [2.45, 2.75) is 46.3 Å². The van der Waals surface area contributed by atoms with Crippen LogP contribution in [0.25, 0.3) is 0 Å². The van der Waals surface area contributed by atoms with E-state index < -0.39 is 0 Å². The van der Waals surface area contributed by atoms with Crippen molar-refractivity contribution in [1.29, 1.82) is 0 Å². The van der Waals surface area contributed by atoms with Gasteiger partial charge >= 0.3 is 0 Å². The summed E-state index contributed by atoms with van der Waals surface area (Å²) in [5.41, 5.74) is 0. The first kappa shape index (κ1) is 13.9. The van der Waals surface area contributed by atoms with Crippen molar-refractivity contribution in [3.63, 3.8) is 0 Å². The van der Waals surface area contributed by atoms with Crippen molar-refractivity contribution >= 4 is 0 Å². The first-order valence-electron chi connectivity index (χ1n) is 6.66. The number of nitrogens with zero attached hydrogens (tertiary/aromatic N) is 1. The van der Waals surface area contributed by atoms with Gasteiger partial charge in [-0.3, -0.25) is 0 Å². The number of likely N-dealkylation sites (tertiary alicyclic amines) is 1. The van der Waals surface area contributed by atoms with E-state index >= 15 is 0 Å². The van der Waals surface area contributed by atoms with Crippen LogP contribution in [-0.4, -0.2) is 49.8 Å². The van der Waals surface area contributed by atoms with Crippen molar-refractivity contribution in [3.8, 4) is 0 Å². The molecule has 1 heterocycles. The molecule has 0 spiro atoms. The van der Waals surface area contributed by atoms with Crippen LogP contribution >= 0.6 is 0 Å². The third-order valence-electron chi connectivity index (χ3n) is 3.21. The van der Waals surface area contributed by atoms with Gasteiger partial charge in [0.25, 0.3) is 0 Å². The summed E-state index contributed by atoms with van der Waals surface area (Å²) in [4.78, 5) is 2.57. The molecule has 0 aromatic rings. The van der Waals surface area contributed by atoms with E-state index in [9.17, 15) is 0 Å². The number of ether oxygens (including phenoxy) is 1. The molecule has 96 valence electrons. The summed E-state index contributed by atoms with van der Waals surface area (Å²) in [5, 5.41) is 3.49. The van der Waals surface area contributed by atoms with E-state index in [1.807, 2.05) is 0 Å². The van der Waals surface area contributed by atoms with Crippen molar-refractivity contribution in [3.05, 3.63) is 0 Å². The molecule has 0 aromatic carbocycles. The van der Waals surface area contributed by atoms with Gasteiger partial charge in [-0.15, -0.1) is 0 Å². The highest BCUT2D eigenvalue weighted by molar-refractivity contribution is 4.78. The number of hydrogen-bond acceptors (Lipinski definition) is 3. The summed E-state index contributed by atoms with van der Waals surface area (Å²) in [5.74, 6) is 0.835. The second kappa shape index (κ2) is 7.25. The molecule has 0 bridgehead atoms. The van der Waals surface area contributed by atoms with Crippen LogP contribution in [0.4, 0.5) is 0 Å². The Bertz CT molecular complexity index is 183. The van der Waals surface area contributed by atoms with Crippen molar-refractivity contribution in [2.24, 2.45) is 5.92 Å². The summed E-state index contributed by atoms with van der Waals surface area (Å²) in [6.45, 7) is 14.2. The maximum Gasteiger partial charge on any atom is 0.0594 e. The molecule has 1 atom stereocenters. The molecular formula is C13H28N2O. The zero-order valence-corrected chi connectivity index (χ0v) is 11.3. The lowest BCUT2D eigenvalue weighted by Crippen LogP contribution is -2.31. The van der Waals surface area contributed by atoms with E-state index in [2.05, 4.69) is 37.9 Å². The fourth-order valence-electron chi connectivity index (χ4n) is 2.17. The lowest BCUT2D eigenvalue weighted by molar-refractivity contribution is 0.0804. The zero-order chi connectivity index (χ0) is 12.0. The van der Waals surface area contributed by atoms with Gasteiger partial charge in [-0.1, -0.05) is 0 Å². The number of rotatable bonds is 7. The van der Waals surface area contributed by atoms with Gasteiger partial charge in [0.15, 0.2) is 0 Å².